The molecule has 232 valence electrons. The normalized spacial score (nSPS) is 17.7. The Balaban J connectivity index is 1.61. The van der Waals surface area contributed by atoms with Gasteiger partial charge in [0.1, 0.15) is 11.6 Å². The smallest absolute Gasteiger partial charge is 0.382 e. The lowest BCUT2D eigenvalue weighted by Gasteiger charge is -2.28. The molecule has 4 rings (SSSR count). The quantitative estimate of drug-likeness (QED) is 0.190. The molecule has 1 heterocycles. The number of halogens is 6. The van der Waals surface area contributed by atoms with Crippen LogP contribution in [-0.4, -0.2) is 41.0 Å². The molecule has 0 radical (unpaired) electrons. The van der Waals surface area contributed by atoms with Gasteiger partial charge in [-0.2, -0.15) is 26.7 Å². The van der Waals surface area contributed by atoms with Gasteiger partial charge in [0.25, 0.3) is 0 Å². The lowest BCUT2D eigenvalue weighted by Crippen LogP contribution is -2.32. The van der Waals surface area contributed by atoms with Gasteiger partial charge in [-0.25, -0.2) is 17.5 Å². The predicted molar refractivity (Wildman–Crippen MR) is 156 cm³/mol. The fraction of sp³-hybridized carbons (Fsp3) is 0.296. The molecule has 0 saturated heterocycles. The highest BCUT2D eigenvalue weighted by Crippen LogP contribution is 2.42. The Morgan fingerprint density at radius 2 is 1.67 bits per heavy atom. The van der Waals surface area contributed by atoms with Crippen LogP contribution in [0, 0.1) is 18.7 Å². The van der Waals surface area contributed by atoms with E-state index in [-0.39, 0.29) is 22.2 Å². The zero-order valence-corrected chi connectivity index (χ0v) is 25.7. The summed E-state index contributed by atoms with van der Waals surface area (Å²) in [5.74, 6) is -2.57. The lowest BCUT2D eigenvalue weighted by molar-refractivity contribution is -0.130. The molecular weight excluding hydrogens is 657 g/mol. The predicted octanol–water partition coefficient (Wildman–Crippen LogP) is 6.63. The van der Waals surface area contributed by atoms with E-state index < -0.39 is 56.3 Å². The van der Waals surface area contributed by atoms with E-state index in [9.17, 15) is 34.4 Å². The summed E-state index contributed by atoms with van der Waals surface area (Å²) in [4.78, 5) is -0.214. The number of rotatable bonds is 10. The molecule has 2 unspecified atom stereocenters. The second kappa shape index (κ2) is 12.6. The molecule has 1 aliphatic heterocycles. The number of hydrazone groups is 1. The number of sulfonamides is 1. The molecule has 0 fully saturated rings. The molecule has 43 heavy (non-hydrogen) atoms. The maximum atomic E-state index is 13.8. The van der Waals surface area contributed by atoms with Crippen molar-refractivity contribution in [2.45, 2.75) is 37.4 Å². The van der Waals surface area contributed by atoms with E-state index in [0.717, 1.165) is 12.1 Å². The summed E-state index contributed by atoms with van der Waals surface area (Å²) in [6.45, 7) is 3.11. The van der Waals surface area contributed by atoms with Gasteiger partial charge in [-0.15, -0.1) is 0 Å². The third-order valence-electron chi connectivity index (χ3n) is 6.62. The van der Waals surface area contributed by atoms with Crippen LogP contribution in [0.5, 0.6) is 5.75 Å². The van der Waals surface area contributed by atoms with Crippen LogP contribution in [0.2, 0.25) is 10.0 Å². The highest BCUT2D eigenvalue weighted by molar-refractivity contribution is 7.89. The minimum atomic E-state index is -4.66. The summed E-state index contributed by atoms with van der Waals surface area (Å²) in [5, 5.41) is 6.83. The third-order valence-corrected chi connectivity index (χ3v) is 9.85. The van der Waals surface area contributed by atoms with E-state index >= 15 is 0 Å². The number of anilines is 1. The van der Waals surface area contributed by atoms with Crippen molar-refractivity contribution in [2.24, 2.45) is 11.0 Å². The van der Waals surface area contributed by atoms with Gasteiger partial charge in [-0.1, -0.05) is 48.3 Å². The van der Waals surface area contributed by atoms with Gasteiger partial charge in [-0.05, 0) is 60.5 Å². The van der Waals surface area contributed by atoms with Crippen LogP contribution in [0.4, 0.5) is 23.2 Å². The average molecular weight is 683 g/mol. The van der Waals surface area contributed by atoms with Crippen molar-refractivity contribution in [1.29, 1.82) is 0 Å². The van der Waals surface area contributed by atoms with Crippen molar-refractivity contribution in [1.82, 2.24) is 4.72 Å². The number of nitrogens with zero attached hydrogens (tertiary/aromatic N) is 2. The molecule has 3 aromatic rings. The number of hydrogen-bond acceptors (Lipinski definition) is 7. The Kier molecular flexibility index (Phi) is 9.67. The number of benzene rings is 3. The lowest BCUT2D eigenvalue weighted by atomic mass is 9.91. The Bertz CT molecular complexity index is 1750. The average Bonchev–Trinajstić information content (AvgIpc) is 3.23. The summed E-state index contributed by atoms with van der Waals surface area (Å²) >= 11 is 12.5. The summed E-state index contributed by atoms with van der Waals surface area (Å²) < 4.78 is 109. The van der Waals surface area contributed by atoms with Crippen molar-refractivity contribution >= 4 is 54.7 Å². The molecule has 2 atom stereocenters. The monoisotopic (exact) mass is 681 g/mol. The van der Waals surface area contributed by atoms with Gasteiger partial charge in [0.05, 0.1) is 46.1 Å². The van der Waals surface area contributed by atoms with Crippen molar-refractivity contribution in [2.75, 3.05) is 17.3 Å². The van der Waals surface area contributed by atoms with E-state index in [1.54, 1.807) is 31.0 Å². The van der Waals surface area contributed by atoms with Crippen molar-refractivity contribution in [3.05, 3.63) is 87.7 Å². The molecule has 1 aliphatic rings. The first-order valence-corrected chi connectivity index (χ1v) is 16.4. The third kappa shape index (κ3) is 8.18. The van der Waals surface area contributed by atoms with Crippen LogP contribution in [0.25, 0.3) is 0 Å². The topological polar surface area (TPSA) is 105 Å². The largest absolute Gasteiger partial charge is 0.390 e. The van der Waals surface area contributed by atoms with E-state index in [4.69, 9.17) is 27.4 Å². The highest BCUT2D eigenvalue weighted by Gasteiger charge is 2.38. The van der Waals surface area contributed by atoms with Gasteiger partial charge >= 0.3 is 16.3 Å². The molecule has 0 bridgehead atoms. The van der Waals surface area contributed by atoms with E-state index in [2.05, 4.69) is 9.82 Å². The maximum absolute atomic E-state index is 13.8. The second-order valence-corrected chi connectivity index (χ2v) is 14.0. The Morgan fingerprint density at radius 1 is 1.00 bits per heavy atom. The first kappa shape index (κ1) is 33.0. The Morgan fingerprint density at radius 3 is 2.30 bits per heavy atom. The Hall–Kier alpha value is -2.91. The summed E-state index contributed by atoms with van der Waals surface area (Å²) in [5.41, 5.74) is 1.78. The zero-order chi connectivity index (χ0) is 31.7. The number of aryl methyl sites for hydroxylation is 1. The van der Waals surface area contributed by atoms with E-state index in [0.29, 0.717) is 27.5 Å². The standard InChI is InChI=1S/C27H25Cl2F4N3O5S2/c1-16-3-7-20(30)14-25(16)43(39,40)34-15-23-17(2)26(36(35-23)24-10-6-19(28)13-22(24)29)18-4-8-21(9-5-18)41-42(37,38)12-11-27(31,32)33/h3-10,13-14,17,26,34H,11-12,15H2,1-2H3. The first-order chi connectivity index (χ1) is 20.0. The van der Waals surface area contributed by atoms with E-state index in [1.165, 1.54) is 36.4 Å². The van der Waals surface area contributed by atoms with Crippen LogP contribution in [-0.2, 0) is 20.1 Å². The molecule has 0 spiro atoms. The van der Waals surface area contributed by atoms with Gasteiger partial charge in [-0.3, -0.25) is 5.01 Å². The van der Waals surface area contributed by atoms with Gasteiger partial charge in [0.2, 0.25) is 10.0 Å². The summed E-state index contributed by atoms with van der Waals surface area (Å²) in [6, 6.07) is 13.2. The van der Waals surface area contributed by atoms with Crippen LogP contribution < -0.4 is 13.9 Å². The summed E-state index contributed by atoms with van der Waals surface area (Å²) in [7, 11) is -8.62. The molecule has 0 saturated carbocycles. The molecular formula is C27H25Cl2F4N3O5S2. The highest BCUT2D eigenvalue weighted by atomic mass is 35.5. The first-order valence-electron chi connectivity index (χ1n) is 12.6. The SMILES string of the molecule is Cc1ccc(F)cc1S(=O)(=O)NCC1=NN(c2ccc(Cl)cc2Cl)C(c2ccc(OS(=O)(=O)CCC(F)(F)F)cc2)C1C. The minimum absolute atomic E-state index is 0.188. The van der Waals surface area contributed by atoms with Crippen LogP contribution in [0.1, 0.15) is 30.5 Å². The van der Waals surface area contributed by atoms with Gasteiger partial charge < -0.3 is 4.18 Å². The second-order valence-electron chi connectivity index (χ2n) is 9.78. The van der Waals surface area contributed by atoms with Crippen LogP contribution in [0.3, 0.4) is 0 Å². The molecule has 0 aromatic heterocycles. The molecule has 8 nitrogen and oxygen atoms in total. The number of alkyl halides is 3. The van der Waals surface area contributed by atoms with Crippen molar-refractivity contribution in [3.8, 4) is 5.75 Å². The number of hydrogen-bond donors (Lipinski definition) is 1. The molecule has 0 amide bonds. The maximum Gasteiger partial charge on any atom is 0.390 e. The van der Waals surface area contributed by atoms with Crippen LogP contribution >= 0.6 is 23.2 Å². The Labute approximate surface area is 256 Å². The molecule has 3 aromatic carbocycles. The van der Waals surface area contributed by atoms with Crippen LogP contribution in [0.15, 0.2) is 70.7 Å². The fourth-order valence-electron chi connectivity index (χ4n) is 4.44. The number of nitrogens with one attached hydrogen (secondary N) is 1. The van der Waals surface area contributed by atoms with Crippen molar-refractivity contribution < 1.29 is 38.6 Å². The zero-order valence-electron chi connectivity index (χ0n) is 22.6. The summed E-state index contributed by atoms with van der Waals surface area (Å²) in [6.07, 6.45) is -6.21. The molecule has 1 N–H and O–H groups in total. The molecule has 16 heteroatoms. The fourth-order valence-corrected chi connectivity index (χ4v) is 7.16. The van der Waals surface area contributed by atoms with Gasteiger partial charge in [0, 0.05) is 10.9 Å². The minimum Gasteiger partial charge on any atom is -0.382 e. The van der Waals surface area contributed by atoms with Crippen molar-refractivity contribution in [3.63, 3.8) is 0 Å². The van der Waals surface area contributed by atoms with Gasteiger partial charge in [0.15, 0.2) is 0 Å². The molecule has 0 aliphatic carbocycles. The van der Waals surface area contributed by atoms with E-state index in [1.807, 2.05) is 0 Å².